The number of benzene rings is 2. The summed E-state index contributed by atoms with van der Waals surface area (Å²) in [6.07, 6.45) is 1.59. The van der Waals surface area contributed by atoms with Crippen molar-refractivity contribution in [3.63, 3.8) is 0 Å². The topological polar surface area (TPSA) is 64.0 Å². The van der Waals surface area contributed by atoms with Crippen LogP contribution in [0.5, 0.6) is 11.5 Å². The number of ether oxygens (including phenoxy) is 2. The first-order valence-corrected chi connectivity index (χ1v) is 10.6. The highest BCUT2D eigenvalue weighted by molar-refractivity contribution is 5.92. The Bertz CT molecular complexity index is 1140. The third kappa shape index (κ3) is 4.61. The van der Waals surface area contributed by atoms with Crippen molar-refractivity contribution < 1.29 is 14.3 Å². The standard InChI is InChI=1S/C25H27N3O4/c1-26-17-24(32-18-19-8-4-3-5-9-19)22(29)16-21(26)25(30)28-14-12-27(13-15-28)20-10-6-7-11-23(20)31-2/h3-11,16-17H,12-15,18H2,1-2H3. The fraction of sp³-hybridized carbons (Fsp3) is 0.280. The van der Waals surface area contributed by atoms with Crippen LogP contribution in [0, 0.1) is 0 Å². The van der Waals surface area contributed by atoms with E-state index in [0.717, 1.165) is 17.0 Å². The number of carbonyl (C=O) groups excluding carboxylic acids is 1. The lowest BCUT2D eigenvalue weighted by molar-refractivity contribution is 0.0735. The fourth-order valence-corrected chi connectivity index (χ4v) is 3.87. The number of rotatable bonds is 6. The van der Waals surface area contributed by atoms with Crippen molar-refractivity contribution in [3.8, 4) is 11.5 Å². The van der Waals surface area contributed by atoms with E-state index in [4.69, 9.17) is 9.47 Å². The average Bonchev–Trinajstić information content (AvgIpc) is 2.84. The van der Waals surface area contributed by atoms with Crippen LogP contribution in [0.1, 0.15) is 16.1 Å². The number of piperazine rings is 1. The number of anilines is 1. The number of amides is 1. The van der Waals surface area contributed by atoms with Crippen LogP contribution in [0.3, 0.4) is 0 Å². The molecule has 0 atom stereocenters. The molecule has 0 saturated carbocycles. The summed E-state index contributed by atoms with van der Waals surface area (Å²) in [5.41, 5.74) is 2.06. The van der Waals surface area contributed by atoms with Crippen molar-refractivity contribution in [2.75, 3.05) is 38.2 Å². The zero-order chi connectivity index (χ0) is 22.5. The molecule has 4 rings (SSSR count). The molecule has 1 amide bonds. The van der Waals surface area contributed by atoms with Crippen LogP contribution >= 0.6 is 0 Å². The molecular weight excluding hydrogens is 406 g/mol. The SMILES string of the molecule is COc1ccccc1N1CCN(C(=O)c2cc(=O)c(OCc3ccccc3)cn2C)CC1. The average molecular weight is 434 g/mol. The van der Waals surface area contributed by atoms with Gasteiger partial charge in [0.2, 0.25) is 5.43 Å². The summed E-state index contributed by atoms with van der Waals surface area (Å²) >= 11 is 0. The van der Waals surface area contributed by atoms with Crippen LogP contribution in [0.15, 0.2) is 71.7 Å². The number of methoxy groups -OCH3 is 1. The molecule has 2 heterocycles. The molecule has 3 aromatic rings. The molecule has 32 heavy (non-hydrogen) atoms. The first kappa shape index (κ1) is 21.5. The summed E-state index contributed by atoms with van der Waals surface area (Å²) in [6, 6.07) is 18.9. The molecule has 166 valence electrons. The van der Waals surface area contributed by atoms with Gasteiger partial charge in [0.15, 0.2) is 5.75 Å². The summed E-state index contributed by atoms with van der Waals surface area (Å²) in [5.74, 6) is 0.897. The van der Waals surface area contributed by atoms with Gasteiger partial charge in [0.25, 0.3) is 5.91 Å². The number of carbonyl (C=O) groups is 1. The first-order valence-electron chi connectivity index (χ1n) is 10.6. The Hall–Kier alpha value is -3.74. The highest BCUT2D eigenvalue weighted by Gasteiger charge is 2.25. The van der Waals surface area contributed by atoms with Crippen molar-refractivity contribution in [3.05, 3.63) is 88.3 Å². The molecular formula is C25H27N3O4. The summed E-state index contributed by atoms with van der Waals surface area (Å²) in [6.45, 7) is 2.82. The number of pyridine rings is 1. The summed E-state index contributed by atoms with van der Waals surface area (Å²) < 4.78 is 12.8. The van der Waals surface area contributed by atoms with Crippen molar-refractivity contribution >= 4 is 11.6 Å². The van der Waals surface area contributed by atoms with Crippen LogP contribution in [-0.4, -0.2) is 48.7 Å². The molecule has 1 fully saturated rings. The quantitative estimate of drug-likeness (QED) is 0.598. The van der Waals surface area contributed by atoms with E-state index in [9.17, 15) is 9.59 Å². The zero-order valence-electron chi connectivity index (χ0n) is 18.4. The van der Waals surface area contributed by atoms with Gasteiger partial charge < -0.3 is 23.8 Å². The Morgan fingerprint density at radius 1 is 0.938 bits per heavy atom. The minimum Gasteiger partial charge on any atom is -0.495 e. The molecule has 1 saturated heterocycles. The molecule has 0 bridgehead atoms. The lowest BCUT2D eigenvalue weighted by Gasteiger charge is -2.36. The smallest absolute Gasteiger partial charge is 0.270 e. The molecule has 0 radical (unpaired) electrons. The molecule has 0 spiro atoms. The Morgan fingerprint density at radius 2 is 1.62 bits per heavy atom. The minimum atomic E-state index is -0.296. The lowest BCUT2D eigenvalue weighted by atomic mass is 10.2. The number of para-hydroxylation sites is 2. The van der Waals surface area contributed by atoms with E-state index in [2.05, 4.69) is 4.90 Å². The fourth-order valence-electron chi connectivity index (χ4n) is 3.87. The monoisotopic (exact) mass is 433 g/mol. The van der Waals surface area contributed by atoms with E-state index in [1.165, 1.54) is 6.07 Å². The summed E-state index contributed by atoms with van der Waals surface area (Å²) in [5, 5.41) is 0. The first-order chi connectivity index (χ1) is 15.6. The second-order valence-electron chi connectivity index (χ2n) is 7.72. The van der Waals surface area contributed by atoms with E-state index in [0.29, 0.717) is 38.5 Å². The Labute approximate surface area is 187 Å². The molecule has 1 aliphatic heterocycles. The van der Waals surface area contributed by atoms with Crippen LogP contribution < -0.4 is 19.8 Å². The van der Waals surface area contributed by atoms with Crippen molar-refractivity contribution in [2.24, 2.45) is 7.05 Å². The van der Waals surface area contributed by atoms with E-state index >= 15 is 0 Å². The van der Waals surface area contributed by atoms with Gasteiger partial charge in [-0.1, -0.05) is 42.5 Å². The number of aromatic nitrogens is 1. The van der Waals surface area contributed by atoms with E-state index in [1.807, 2.05) is 54.6 Å². The molecule has 2 aromatic carbocycles. The Balaban J connectivity index is 1.42. The van der Waals surface area contributed by atoms with Crippen molar-refractivity contribution in [1.82, 2.24) is 9.47 Å². The van der Waals surface area contributed by atoms with Crippen LogP contribution in [0.25, 0.3) is 0 Å². The van der Waals surface area contributed by atoms with Gasteiger partial charge in [0, 0.05) is 39.3 Å². The van der Waals surface area contributed by atoms with E-state index < -0.39 is 0 Å². The minimum absolute atomic E-state index is 0.154. The van der Waals surface area contributed by atoms with E-state index in [1.54, 1.807) is 29.8 Å². The second kappa shape index (κ2) is 9.60. The van der Waals surface area contributed by atoms with Gasteiger partial charge >= 0.3 is 0 Å². The van der Waals surface area contributed by atoms with E-state index in [-0.39, 0.29) is 17.1 Å². The van der Waals surface area contributed by atoms with Gasteiger partial charge in [0.1, 0.15) is 18.1 Å². The van der Waals surface area contributed by atoms with Crippen LogP contribution in [0.2, 0.25) is 0 Å². The molecule has 1 aromatic heterocycles. The van der Waals surface area contributed by atoms with Gasteiger partial charge in [-0.3, -0.25) is 9.59 Å². The molecule has 0 unspecified atom stereocenters. The predicted octanol–water partition coefficient (Wildman–Crippen LogP) is 2.94. The van der Waals surface area contributed by atoms with Crippen molar-refractivity contribution in [1.29, 1.82) is 0 Å². The Morgan fingerprint density at radius 3 is 2.34 bits per heavy atom. The Kier molecular flexibility index (Phi) is 6.44. The maximum atomic E-state index is 13.1. The predicted molar refractivity (Wildman–Crippen MR) is 124 cm³/mol. The van der Waals surface area contributed by atoms with Gasteiger partial charge in [-0.25, -0.2) is 0 Å². The van der Waals surface area contributed by atoms with Crippen LogP contribution in [0.4, 0.5) is 5.69 Å². The highest BCUT2D eigenvalue weighted by Crippen LogP contribution is 2.28. The third-order valence-corrected chi connectivity index (χ3v) is 5.65. The van der Waals surface area contributed by atoms with Gasteiger partial charge in [0.05, 0.1) is 19.0 Å². The molecule has 0 N–H and O–H groups in total. The van der Waals surface area contributed by atoms with Gasteiger partial charge in [-0.05, 0) is 17.7 Å². The van der Waals surface area contributed by atoms with Gasteiger partial charge in [-0.15, -0.1) is 0 Å². The highest BCUT2D eigenvalue weighted by atomic mass is 16.5. The molecule has 1 aliphatic rings. The van der Waals surface area contributed by atoms with Crippen molar-refractivity contribution in [2.45, 2.75) is 6.61 Å². The number of hydrogen-bond donors (Lipinski definition) is 0. The number of hydrogen-bond acceptors (Lipinski definition) is 5. The third-order valence-electron chi connectivity index (χ3n) is 5.65. The maximum Gasteiger partial charge on any atom is 0.270 e. The molecule has 7 nitrogen and oxygen atoms in total. The van der Waals surface area contributed by atoms with Crippen LogP contribution in [-0.2, 0) is 13.7 Å². The number of aryl methyl sites for hydroxylation is 1. The normalized spacial score (nSPS) is 13.7. The summed E-state index contributed by atoms with van der Waals surface area (Å²) in [4.78, 5) is 29.7. The maximum absolute atomic E-state index is 13.1. The lowest BCUT2D eigenvalue weighted by Crippen LogP contribution is -2.49. The summed E-state index contributed by atoms with van der Waals surface area (Å²) in [7, 11) is 3.42. The second-order valence-corrected chi connectivity index (χ2v) is 7.72. The molecule has 7 heteroatoms. The van der Waals surface area contributed by atoms with Gasteiger partial charge in [-0.2, -0.15) is 0 Å². The largest absolute Gasteiger partial charge is 0.495 e. The number of nitrogens with zero attached hydrogens (tertiary/aromatic N) is 3. The zero-order valence-corrected chi connectivity index (χ0v) is 18.4. The molecule has 0 aliphatic carbocycles.